The first-order chi connectivity index (χ1) is 12.0. The standard InChI is InChI=1S/C19H12Cl2N2OS/c1-10-15(11-2-6-13(20)7-3-11)16-18(24)22-17(23-19(16)25-10)12-4-8-14(21)9-5-12/h2-9H,1H3,(H,22,23,24). The fourth-order valence-corrected chi connectivity index (χ4v) is 4.13. The third kappa shape index (κ3) is 2.97. The van der Waals surface area contributed by atoms with Crippen LogP contribution in [-0.4, -0.2) is 9.97 Å². The van der Waals surface area contributed by atoms with Crippen LogP contribution in [0.2, 0.25) is 10.0 Å². The Balaban J connectivity index is 1.93. The second kappa shape index (κ2) is 6.30. The van der Waals surface area contributed by atoms with Crippen molar-refractivity contribution in [1.29, 1.82) is 0 Å². The molecule has 0 spiro atoms. The van der Waals surface area contributed by atoms with Crippen LogP contribution in [0.3, 0.4) is 0 Å². The summed E-state index contributed by atoms with van der Waals surface area (Å²) in [5, 5.41) is 1.92. The van der Waals surface area contributed by atoms with Gasteiger partial charge in [-0.15, -0.1) is 11.3 Å². The molecule has 0 aliphatic rings. The number of rotatable bonds is 2. The number of benzene rings is 2. The second-order valence-electron chi connectivity index (χ2n) is 5.64. The van der Waals surface area contributed by atoms with Crippen molar-refractivity contribution >= 4 is 44.8 Å². The fourth-order valence-electron chi connectivity index (χ4n) is 2.83. The molecular formula is C19H12Cl2N2OS. The normalized spacial score (nSPS) is 11.2. The molecule has 4 aromatic rings. The van der Waals surface area contributed by atoms with Gasteiger partial charge in [0.15, 0.2) is 0 Å². The van der Waals surface area contributed by atoms with Gasteiger partial charge in [-0.05, 0) is 48.9 Å². The van der Waals surface area contributed by atoms with Crippen LogP contribution in [0, 0.1) is 6.92 Å². The molecule has 0 amide bonds. The van der Waals surface area contributed by atoms with Crippen molar-refractivity contribution in [2.24, 2.45) is 0 Å². The number of aromatic amines is 1. The average molecular weight is 387 g/mol. The first-order valence-corrected chi connectivity index (χ1v) is 9.15. The number of hydrogen-bond donors (Lipinski definition) is 1. The first-order valence-electron chi connectivity index (χ1n) is 7.58. The van der Waals surface area contributed by atoms with Crippen LogP contribution in [-0.2, 0) is 0 Å². The summed E-state index contributed by atoms with van der Waals surface area (Å²) in [6, 6.07) is 14.7. The largest absolute Gasteiger partial charge is 0.306 e. The molecule has 0 saturated carbocycles. The molecule has 6 heteroatoms. The number of nitrogens with zero attached hydrogens (tertiary/aromatic N) is 1. The van der Waals surface area contributed by atoms with Gasteiger partial charge in [0.2, 0.25) is 0 Å². The molecule has 0 atom stereocenters. The molecule has 2 aromatic carbocycles. The lowest BCUT2D eigenvalue weighted by molar-refractivity contribution is 1.19. The van der Waals surface area contributed by atoms with Crippen molar-refractivity contribution in [2.75, 3.05) is 0 Å². The van der Waals surface area contributed by atoms with E-state index in [1.54, 1.807) is 12.1 Å². The lowest BCUT2D eigenvalue weighted by atomic mass is 10.0. The molecule has 0 unspecified atom stereocenters. The van der Waals surface area contributed by atoms with Crippen molar-refractivity contribution in [3.8, 4) is 22.5 Å². The van der Waals surface area contributed by atoms with Gasteiger partial charge in [0.05, 0.1) is 5.39 Å². The topological polar surface area (TPSA) is 45.8 Å². The van der Waals surface area contributed by atoms with Crippen LogP contribution in [0.25, 0.3) is 32.7 Å². The van der Waals surface area contributed by atoms with Crippen LogP contribution >= 0.6 is 34.5 Å². The Bertz CT molecular complexity index is 1130. The molecule has 2 aromatic heterocycles. The highest BCUT2D eigenvalue weighted by Gasteiger charge is 2.17. The van der Waals surface area contributed by atoms with Gasteiger partial charge in [0.25, 0.3) is 5.56 Å². The number of aromatic nitrogens is 2. The summed E-state index contributed by atoms with van der Waals surface area (Å²) in [6.45, 7) is 2.00. The quantitative estimate of drug-likeness (QED) is 0.463. The Labute approximate surface area is 157 Å². The van der Waals surface area contributed by atoms with Gasteiger partial charge < -0.3 is 4.98 Å². The third-order valence-electron chi connectivity index (χ3n) is 3.99. The Morgan fingerprint density at radius 1 is 0.920 bits per heavy atom. The summed E-state index contributed by atoms with van der Waals surface area (Å²) in [5.74, 6) is 0.540. The van der Waals surface area contributed by atoms with Crippen LogP contribution in [0.4, 0.5) is 0 Å². The van der Waals surface area contributed by atoms with E-state index in [0.717, 1.165) is 26.4 Å². The Morgan fingerprint density at radius 2 is 1.48 bits per heavy atom. The minimum absolute atomic E-state index is 0.149. The number of nitrogens with one attached hydrogen (secondary N) is 1. The average Bonchev–Trinajstić information content (AvgIpc) is 2.93. The molecule has 2 heterocycles. The minimum atomic E-state index is -0.149. The SMILES string of the molecule is Cc1sc2nc(-c3ccc(Cl)cc3)[nH]c(=O)c2c1-c1ccc(Cl)cc1. The number of halogens is 2. The van der Waals surface area contributed by atoms with E-state index in [1.807, 2.05) is 43.3 Å². The Morgan fingerprint density at radius 3 is 2.08 bits per heavy atom. The molecule has 0 aliphatic heterocycles. The number of fused-ring (bicyclic) bond motifs is 1. The highest BCUT2D eigenvalue weighted by atomic mass is 35.5. The van der Waals surface area contributed by atoms with Gasteiger partial charge >= 0.3 is 0 Å². The Hall–Kier alpha value is -2.14. The second-order valence-corrected chi connectivity index (χ2v) is 7.72. The predicted molar refractivity (Wildman–Crippen MR) is 106 cm³/mol. The van der Waals surface area contributed by atoms with E-state index in [9.17, 15) is 4.79 Å². The molecule has 25 heavy (non-hydrogen) atoms. The molecular weight excluding hydrogens is 375 g/mol. The monoisotopic (exact) mass is 386 g/mol. The number of H-pyrrole nitrogens is 1. The van der Waals surface area contributed by atoms with Crippen LogP contribution in [0.5, 0.6) is 0 Å². The molecule has 4 rings (SSSR count). The van der Waals surface area contributed by atoms with Gasteiger partial charge in [-0.25, -0.2) is 4.98 Å². The fraction of sp³-hybridized carbons (Fsp3) is 0.0526. The highest BCUT2D eigenvalue weighted by Crippen LogP contribution is 2.36. The van der Waals surface area contributed by atoms with Crippen molar-refractivity contribution in [3.05, 3.63) is 73.8 Å². The molecule has 0 radical (unpaired) electrons. The van der Waals surface area contributed by atoms with Crippen molar-refractivity contribution in [2.45, 2.75) is 6.92 Å². The Kier molecular flexibility index (Phi) is 4.12. The van der Waals surface area contributed by atoms with Gasteiger partial charge in [0, 0.05) is 26.0 Å². The zero-order valence-corrected chi connectivity index (χ0v) is 15.5. The number of hydrogen-bond acceptors (Lipinski definition) is 3. The van der Waals surface area contributed by atoms with E-state index in [4.69, 9.17) is 23.2 Å². The highest BCUT2D eigenvalue weighted by molar-refractivity contribution is 7.19. The van der Waals surface area contributed by atoms with Crippen LogP contribution in [0.15, 0.2) is 53.3 Å². The molecule has 0 fully saturated rings. The van der Waals surface area contributed by atoms with E-state index in [0.29, 0.717) is 21.3 Å². The van der Waals surface area contributed by atoms with Crippen molar-refractivity contribution in [3.63, 3.8) is 0 Å². The zero-order chi connectivity index (χ0) is 17.6. The van der Waals surface area contributed by atoms with Crippen molar-refractivity contribution in [1.82, 2.24) is 9.97 Å². The summed E-state index contributed by atoms with van der Waals surface area (Å²) in [4.78, 5) is 22.1. The number of aryl methyl sites for hydroxylation is 1. The van der Waals surface area contributed by atoms with Crippen molar-refractivity contribution < 1.29 is 0 Å². The molecule has 124 valence electrons. The number of thiophene rings is 1. The lowest BCUT2D eigenvalue weighted by Crippen LogP contribution is -2.09. The van der Waals surface area contributed by atoms with Crippen LogP contribution in [0.1, 0.15) is 4.88 Å². The van der Waals surface area contributed by atoms with Gasteiger partial charge in [-0.1, -0.05) is 35.3 Å². The molecule has 0 aliphatic carbocycles. The summed E-state index contributed by atoms with van der Waals surface area (Å²) >= 11 is 13.4. The lowest BCUT2D eigenvalue weighted by Gasteiger charge is -2.04. The summed E-state index contributed by atoms with van der Waals surface area (Å²) in [6.07, 6.45) is 0. The summed E-state index contributed by atoms with van der Waals surface area (Å²) in [5.41, 5.74) is 2.54. The van der Waals surface area contributed by atoms with E-state index >= 15 is 0 Å². The van der Waals surface area contributed by atoms with Crippen LogP contribution < -0.4 is 5.56 Å². The van der Waals surface area contributed by atoms with Gasteiger partial charge in [0.1, 0.15) is 10.7 Å². The maximum Gasteiger partial charge on any atom is 0.260 e. The van der Waals surface area contributed by atoms with Gasteiger partial charge in [-0.3, -0.25) is 4.79 Å². The molecule has 0 saturated heterocycles. The predicted octanol–water partition coefficient (Wildman–Crippen LogP) is 5.93. The smallest absolute Gasteiger partial charge is 0.260 e. The molecule has 3 nitrogen and oxygen atoms in total. The van der Waals surface area contributed by atoms with E-state index in [2.05, 4.69) is 9.97 Å². The summed E-state index contributed by atoms with van der Waals surface area (Å²) in [7, 11) is 0. The first kappa shape index (κ1) is 16.3. The van der Waals surface area contributed by atoms with E-state index in [-0.39, 0.29) is 5.56 Å². The summed E-state index contributed by atoms with van der Waals surface area (Å²) < 4.78 is 0. The zero-order valence-electron chi connectivity index (χ0n) is 13.1. The molecule has 0 bridgehead atoms. The minimum Gasteiger partial charge on any atom is -0.306 e. The maximum atomic E-state index is 12.8. The van der Waals surface area contributed by atoms with E-state index in [1.165, 1.54) is 11.3 Å². The third-order valence-corrected chi connectivity index (χ3v) is 5.49. The maximum absolute atomic E-state index is 12.8. The molecule has 1 N–H and O–H groups in total. The van der Waals surface area contributed by atoms with E-state index < -0.39 is 0 Å². The van der Waals surface area contributed by atoms with Gasteiger partial charge in [-0.2, -0.15) is 0 Å².